The molecule has 6 rings (SSSR count). The standard InChI is InChI=1S/C23H19F3N6O3/c24-23(25,26)35-16-2-4-17-13(5-16)7-20(27-17)22(34)32-10-14-8-31(9-15(14)11-32)21(33)12-1-3-18-19(6-12)29-30-28-18/h1-7,14-15,27H,8-11H2,(H,28,29,30). The van der Waals surface area contributed by atoms with Crippen LogP contribution < -0.4 is 4.74 Å². The van der Waals surface area contributed by atoms with Gasteiger partial charge in [0.15, 0.2) is 0 Å². The number of amides is 2. The molecule has 180 valence electrons. The summed E-state index contributed by atoms with van der Waals surface area (Å²) in [7, 11) is 0. The van der Waals surface area contributed by atoms with Gasteiger partial charge in [0.1, 0.15) is 22.5 Å². The molecule has 2 aliphatic heterocycles. The van der Waals surface area contributed by atoms with Crippen LogP contribution in [0.1, 0.15) is 20.8 Å². The van der Waals surface area contributed by atoms with Crippen LogP contribution in [0.5, 0.6) is 5.75 Å². The molecule has 2 N–H and O–H groups in total. The summed E-state index contributed by atoms with van der Waals surface area (Å²) in [4.78, 5) is 32.6. The van der Waals surface area contributed by atoms with E-state index in [9.17, 15) is 22.8 Å². The first-order valence-corrected chi connectivity index (χ1v) is 11.0. The lowest BCUT2D eigenvalue weighted by Crippen LogP contribution is -2.35. The normalized spacial score (nSPS) is 20.1. The zero-order valence-corrected chi connectivity index (χ0v) is 18.2. The summed E-state index contributed by atoms with van der Waals surface area (Å²) in [5, 5.41) is 11.0. The fraction of sp³-hybridized carbons (Fsp3) is 0.304. The van der Waals surface area contributed by atoms with Crippen molar-refractivity contribution in [3.8, 4) is 5.75 Å². The highest BCUT2D eigenvalue weighted by molar-refractivity contribution is 5.99. The largest absolute Gasteiger partial charge is 0.573 e. The van der Waals surface area contributed by atoms with Crippen LogP contribution in [0.3, 0.4) is 0 Å². The van der Waals surface area contributed by atoms with Crippen molar-refractivity contribution in [2.24, 2.45) is 11.8 Å². The quantitative estimate of drug-likeness (QED) is 0.465. The Hall–Kier alpha value is -4.09. The van der Waals surface area contributed by atoms with Crippen molar-refractivity contribution in [2.45, 2.75) is 6.36 Å². The van der Waals surface area contributed by atoms with E-state index in [1.54, 1.807) is 23.1 Å². The van der Waals surface area contributed by atoms with Gasteiger partial charge in [-0.25, -0.2) is 0 Å². The van der Waals surface area contributed by atoms with Crippen LogP contribution in [0.2, 0.25) is 0 Å². The summed E-state index contributed by atoms with van der Waals surface area (Å²) in [6.07, 6.45) is -4.78. The number of aromatic amines is 2. The Morgan fingerprint density at radius 2 is 1.57 bits per heavy atom. The first-order valence-electron chi connectivity index (χ1n) is 11.0. The fourth-order valence-electron chi connectivity index (χ4n) is 5.07. The number of ether oxygens (including phenoxy) is 1. The van der Waals surface area contributed by atoms with Crippen molar-refractivity contribution in [1.29, 1.82) is 0 Å². The summed E-state index contributed by atoms with van der Waals surface area (Å²) in [6, 6.07) is 10.6. The summed E-state index contributed by atoms with van der Waals surface area (Å²) >= 11 is 0. The second-order valence-electron chi connectivity index (χ2n) is 8.95. The number of alkyl halides is 3. The van der Waals surface area contributed by atoms with Crippen molar-refractivity contribution in [3.63, 3.8) is 0 Å². The topological polar surface area (TPSA) is 107 Å². The molecular weight excluding hydrogens is 465 g/mol. The van der Waals surface area contributed by atoms with Gasteiger partial charge in [-0.15, -0.1) is 13.2 Å². The number of hydrogen-bond acceptors (Lipinski definition) is 5. The van der Waals surface area contributed by atoms with E-state index >= 15 is 0 Å². The van der Waals surface area contributed by atoms with E-state index in [0.29, 0.717) is 59.4 Å². The minimum absolute atomic E-state index is 0.0744. The third-order valence-electron chi connectivity index (χ3n) is 6.68. The van der Waals surface area contributed by atoms with Gasteiger partial charge < -0.3 is 19.5 Å². The van der Waals surface area contributed by atoms with Crippen LogP contribution in [0.25, 0.3) is 21.9 Å². The predicted octanol–water partition coefficient (Wildman–Crippen LogP) is 3.18. The van der Waals surface area contributed by atoms with E-state index in [1.807, 2.05) is 4.90 Å². The number of benzene rings is 2. The summed E-state index contributed by atoms with van der Waals surface area (Å²) < 4.78 is 41.4. The molecule has 2 unspecified atom stereocenters. The average Bonchev–Trinajstić information content (AvgIpc) is 3.58. The van der Waals surface area contributed by atoms with Gasteiger partial charge in [0.2, 0.25) is 0 Å². The van der Waals surface area contributed by atoms with Gasteiger partial charge in [-0.3, -0.25) is 9.59 Å². The third kappa shape index (κ3) is 3.94. The maximum atomic E-state index is 13.1. The summed E-state index contributed by atoms with van der Waals surface area (Å²) in [5.74, 6) is -0.311. The monoisotopic (exact) mass is 484 g/mol. The second kappa shape index (κ2) is 7.72. The molecule has 9 nitrogen and oxygen atoms in total. The molecule has 2 aromatic heterocycles. The van der Waals surface area contributed by atoms with Crippen molar-refractivity contribution >= 4 is 33.8 Å². The second-order valence-corrected chi connectivity index (χ2v) is 8.95. The Balaban J connectivity index is 1.12. The highest BCUT2D eigenvalue weighted by atomic mass is 19.4. The van der Waals surface area contributed by atoms with Crippen molar-refractivity contribution in [3.05, 3.63) is 53.7 Å². The molecule has 2 aromatic carbocycles. The number of H-pyrrole nitrogens is 2. The highest BCUT2D eigenvalue weighted by Gasteiger charge is 2.43. The molecule has 2 atom stereocenters. The third-order valence-corrected chi connectivity index (χ3v) is 6.68. The molecule has 2 aliphatic rings. The number of nitrogens with one attached hydrogen (secondary N) is 2. The van der Waals surface area contributed by atoms with Crippen LogP contribution in [-0.4, -0.2) is 74.6 Å². The van der Waals surface area contributed by atoms with E-state index < -0.39 is 6.36 Å². The Kier molecular flexibility index (Phi) is 4.73. The lowest BCUT2D eigenvalue weighted by molar-refractivity contribution is -0.274. The highest BCUT2D eigenvalue weighted by Crippen LogP contribution is 2.33. The molecule has 0 radical (unpaired) electrons. The smallest absolute Gasteiger partial charge is 0.406 e. The first kappa shape index (κ1) is 21.4. The number of likely N-dealkylation sites (tertiary alicyclic amines) is 2. The lowest BCUT2D eigenvalue weighted by atomic mass is 10.0. The Bertz CT molecular complexity index is 1450. The number of carbonyl (C=O) groups is 2. The first-order chi connectivity index (χ1) is 16.7. The van der Waals surface area contributed by atoms with E-state index in [1.165, 1.54) is 24.3 Å². The number of fused-ring (bicyclic) bond motifs is 3. The van der Waals surface area contributed by atoms with Crippen molar-refractivity contribution in [1.82, 2.24) is 30.2 Å². The van der Waals surface area contributed by atoms with E-state index in [-0.39, 0.29) is 29.4 Å². The molecule has 4 aromatic rings. The van der Waals surface area contributed by atoms with Gasteiger partial charge in [0, 0.05) is 54.5 Å². The summed E-state index contributed by atoms with van der Waals surface area (Å²) in [5.41, 5.74) is 2.71. The maximum Gasteiger partial charge on any atom is 0.573 e. The molecule has 0 aliphatic carbocycles. The number of nitrogens with zero attached hydrogens (tertiary/aromatic N) is 4. The lowest BCUT2D eigenvalue weighted by Gasteiger charge is -2.21. The van der Waals surface area contributed by atoms with Gasteiger partial charge in [-0.05, 0) is 42.5 Å². The minimum Gasteiger partial charge on any atom is -0.406 e. The maximum absolute atomic E-state index is 13.1. The van der Waals surface area contributed by atoms with Crippen molar-refractivity contribution in [2.75, 3.05) is 26.2 Å². The molecule has 0 spiro atoms. The van der Waals surface area contributed by atoms with E-state index in [2.05, 4.69) is 25.1 Å². The Labute approximate surface area is 195 Å². The number of halogens is 3. The van der Waals surface area contributed by atoms with Crippen LogP contribution in [0, 0.1) is 11.8 Å². The molecule has 0 saturated carbocycles. The van der Waals surface area contributed by atoms with Crippen LogP contribution in [0.4, 0.5) is 13.2 Å². The molecule has 2 fully saturated rings. The number of hydrogen-bond donors (Lipinski definition) is 2. The fourth-order valence-corrected chi connectivity index (χ4v) is 5.07. The Morgan fingerprint density at radius 1 is 0.886 bits per heavy atom. The van der Waals surface area contributed by atoms with Gasteiger partial charge in [-0.2, -0.15) is 15.4 Å². The van der Waals surface area contributed by atoms with E-state index in [4.69, 9.17) is 0 Å². The number of rotatable bonds is 3. The molecule has 35 heavy (non-hydrogen) atoms. The van der Waals surface area contributed by atoms with Crippen LogP contribution in [0.15, 0.2) is 42.5 Å². The molecular formula is C23H19F3N6O3. The molecule has 2 saturated heterocycles. The predicted molar refractivity (Wildman–Crippen MR) is 118 cm³/mol. The number of carbonyl (C=O) groups excluding carboxylic acids is 2. The van der Waals surface area contributed by atoms with Crippen LogP contribution in [-0.2, 0) is 0 Å². The zero-order valence-electron chi connectivity index (χ0n) is 18.2. The molecule has 12 heteroatoms. The van der Waals surface area contributed by atoms with Crippen LogP contribution >= 0.6 is 0 Å². The molecule has 4 heterocycles. The van der Waals surface area contributed by atoms with Gasteiger partial charge in [0.05, 0.1) is 0 Å². The van der Waals surface area contributed by atoms with Crippen molar-refractivity contribution < 1.29 is 27.5 Å². The minimum atomic E-state index is -4.78. The van der Waals surface area contributed by atoms with Gasteiger partial charge in [0.25, 0.3) is 11.8 Å². The Morgan fingerprint density at radius 3 is 2.29 bits per heavy atom. The van der Waals surface area contributed by atoms with Gasteiger partial charge in [-0.1, -0.05) is 0 Å². The zero-order chi connectivity index (χ0) is 24.3. The number of aromatic nitrogens is 4. The summed E-state index contributed by atoms with van der Waals surface area (Å²) in [6.45, 7) is 2.12. The van der Waals surface area contributed by atoms with Gasteiger partial charge >= 0.3 is 6.36 Å². The average molecular weight is 484 g/mol. The molecule has 0 bridgehead atoms. The van der Waals surface area contributed by atoms with E-state index in [0.717, 1.165) is 0 Å². The SMILES string of the molecule is O=C(c1ccc2n[nH]nc2c1)N1CC2CN(C(=O)c3cc4cc(OC(F)(F)F)ccc4[nH]3)CC2C1. The molecule has 2 amide bonds.